The summed E-state index contributed by atoms with van der Waals surface area (Å²) in [5, 5.41) is 9.86. The van der Waals surface area contributed by atoms with Gasteiger partial charge in [-0.05, 0) is 62.2 Å². The Balaban J connectivity index is 1.20. The van der Waals surface area contributed by atoms with Gasteiger partial charge in [-0.3, -0.25) is 14.7 Å². The molecule has 4 saturated heterocycles. The SMILES string of the molecule is COc1cc(C(=O)N=C2CN3CCC2CC3)cnc1-c1cc2nccc(-c3ccc(N4CC[C@H](F)C4)c(C#N)c3)c2o1. The van der Waals surface area contributed by atoms with Crippen LogP contribution in [0.2, 0.25) is 0 Å². The highest BCUT2D eigenvalue weighted by atomic mass is 19.1. The van der Waals surface area contributed by atoms with E-state index in [-0.39, 0.29) is 5.91 Å². The van der Waals surface area contributed by atoms with Crippen LogP contribution in [0.3, 0.4) is 0 Å². The largest absolute Gasteiger partial charge is 0.494 e. The first-order valence-electron chi connectivity index (χ1n) is 14.2. The first-order chi connectivity index (χ1) is 20.5. The van der Waals surface area contributed by atoms with Crippen molar-refractivity contribution in [2.24, 2.45) is 10.9 Å². The van der Waals surface area contributed by atoms with Crippen LogP contribution in [0.1, 0.15) is 35.2 Å². The number of aliphatic imine (C=N–C) groups is 1. The molecule has 1 aromatic carbocycles. The molecule has 0 spiro atoms. The number of anilines is 1. The molecule has 10 heteroatoms. The normalized spacial score (nSPS) is 22.5. The van der Waals surface area contributed by atoms with Crippen molar-refractivity contribution in [3.05, 3.63) is 59.9 Å². The van der Waals surface area contributed by atoms with Crippen molar-refractivity contribution in [3.8, 4) is 34.4 Å². The van der Waals surface area contributed by atoms with Crippen LogP contribution in [0.4, 0.5) is 10.1 Å². The van der Waals surface area contributed by atoms with Gasteiger partial charge in [0.25, 0.3) is 5.91 Å². The number of amides is 1. The molecular weight excluding hydrogens is 535 g/mol. The van der Waals surface area contributed by atoms with E-state index in [4.69, 9.17) is 9.15 Å². The van der Waals surface area contributed by atoms with Gasteiger partial charge in [-0.25, -0.2) is 14.4 Å². The fourth-order valence-electron chi connectivity index (χ4n) is 6.29. The van der Waals surface area contributed by atoms with Gasteiger partial charge in [0, 0.05) is 55.3 Å². The molecule has 0 radical (unpaired) electrons. The maximum absolute atomic E-state index is 13.8. The number of aromatic nitrogens is 2. The van der Waals surface area contributed by atoms with Crippen LogP contribution in [0.5, 0.6) is 5.75 Å². The summed E-state index contributed by atoms with van der Waals surface area (Å²) < 4.78 is 25.7. The number of fused-ring (bicyclic) bond motifs is 4. The second kappa shape index (κ2) is 10.7. The Bertz CT molecular complexity index is 1770. The quantitative estimate of drug-likeness (QED) is 0.322. The van der Waals surface area contributed by atoms with Gasteiger partial charge in [0.2, 0.25) is 0 Å². The van der Waals surface area contributed by atoms with E-state index in [9.17, 15) is 14.4 Å². The number of furan rings is 1. The molecule has 212 valence electrons. The third kappa shape index (κ3) is 4.69. The van der Waals surface area contributed by atoms with E-state index in [2.05, 4.69) is 25.9 Å². The number of rotatable bonds is 5. The van der Waals surface area contributed by atoms with Crippen molar-refractivity contribution in [2.75, 3.05) is 44.7 Å². The molecule has 0 aliphatic carbocycles. The number of ether oxygens (including phenoxy) is 1. The lowest BCUT2D eigenvalue weighted by atomic mass is 9.86. The van der Waals surface area contributed by atoms with Gasteiger partial charge in [-0.1, -0.05) is 6.07 Å². The third-order valence-corrected chi connectivity index (χ3v) is 8.55. The highest BCUT2D eigenvalue weighted by molar-refractivity contribution is 6.06. The molecule has 1 amide bonds. The lowest BCUT2D eigenvalue weighted by Crippen LogP contribution is -2.48. The molecular formula is C32H29FN6O3. The molecule has 3 aromatic heterocycles. The summed E-state index contributed by atoms with van der Waals surface area (Å²) in [6, 6.07) is 13.1. The minimum atomic E-state index is -0.881. The zero-order valence-electron chi connectivity index (χ0n) is 23.2. The molecule has 1 atom stereocenters. The molecule has 0 saturated carbocycles. The Morgan fingerprint density at radius 1 is 1.14 bits per heavy atom. The number of hydrogen-bond donors (Lipinski definition) is 0. The number of carbonyl (C=O) groups excluding carboxylic acids is 1. The topological polar surface area (TPSA) is 108 Å². The van der Waals surface area contributed by atoms with E-state index in [1.54, 1.807) is 24.4 Å². The maximum atomic E-state index is 13.8. The summed E-state index contributed by atoms with van der Waals surface area (Å²) >= 11 is 0. The number of nitriles is 1. The lowest BCUT2D eigenvalue weighted by Gasteiger charge is -2.39. The van der Waals surface area contributed by atoms with Crippen LogP contribution < -0.4 is 9.64 Å². The van der Waals surface area contributed by atoms with E-state index in [1.165, 1.54) is 13.3 Å². The van der Waals surface area contributed by atoms with Crippen molar-refractivity contribution in [1.82, 2.24) is 14.9 Å². The molecule has 4 aliphatic rings. The van der Waals surface area contributed by atoms with Crippen LogP contribution in [-0.4, -0.2) is 72.5 Å². The van der Waals surface area contributed by atoms with E-state index in [0.717, 1.165) is 55.0 Å². The van der Waals surface area contributed by atoms with E-state index in [1.807, 2.05) is 23.1 Å². The van der Waals surface area contributed by atoms with Crippen molar-refractivity contribution in [2.45, 2.75) is 25.4 Å². The Labute approximate surface area is 242 Å². The van der Waals surface area contributed by atoms with Gasteiger partial charge < -0.3 is 14.1 Å². The summed E-state index contributed by atoms with van der Waals surface area (Å²) in [5.74, 6) is 0.891. The molecule has 42 heavy (non-hydrogen) atoms. The first kappa shape index (κ1) is 26.3. The number of alkyl halides is 1. The van der Waals surface area contributed by atoms with Crippen molar-refractivity contribution in [3.63, 3.8) is 0 Å². The number of methoxy groups -OCH3 is 1. The van der Waals surface area contributed by atoms with Crippen LogP contribution in [0.15, 0.2) is 58.2 Å². The number of carbonyl (C=O) groups is 1. The number of nitrogens with zero attached hydrogens (tertiary/aromatic N) is 6. The predicted molar refractivity (Wildman–Crippen MR) is 157 cm³/mol. The average molecular weight is 565 g/mol. The zero-order chi connectivity index (χ0) is 28.8. The van der Waals surface area contributed by atoms with E-state index in [0.29, 0.717) is 64.9 Å². The number of pyridine rings is 2. The van der Waals surface area contributed by atoms with Gasteiger partial charge >= 0.3 is 0 Å². The fourth-order valence-corrected chi connectivity index (χ4v) is 6.29. The molecule has 2 bridgehead atoms. The second-order valence-corrected chi connectivity index (χ2v) is 11.1. The molecule has 0 unspecified atom stereocenters. The summed E-state index contributed by atoms with van der Waals surface area (Å²) in [5.41, 5.74) is 5.65. The van der Waals surface area contributed by atoms with E-state index < -0.39 is 6.17 Å². The van der Waals surface area contributed by atoms with Gasteiger partial charge in [0.1, 0.15) is 29.2 Å². The zero-order valence-corrected chi connectivity index (χ0v) is 23.2. The number of hydrogen-bond acceptors (Lipinski definition) is 8. The molecule has 9 nitrogen and oxygen atoms in total. The number of benzene rings is 1. The van der Waals surface area contributed by atoms with Gasteiger partial charge in [-0.2, -0.15) is 5.26 Å². The molecule has 4 aromatic rings. The van der Waals surface area contributed by atoms with Gasteiger partial charge in [0.05, 0.1) is 23.9 Å². The minimum absolute atomic E-state index is 0.293. The van der Waals surface area contributed by atoms with Gasteiger partial charge in [-0.15, -0.1) is 0 Å². The van der Waals surface area contributed by atoms with Crippen LogP contribution in [0.25, 0.3) is 33.7 Å². The molecule has 8 rings (SSSR count). The van der Waals surface area contributed by atoms with Crippen molar-refractivity contribution in [1.29, 1.82) is 5.26 Å². The summed E-state index contributed by atoms with van der Waals surface area (Å²) in [6.45, 7) is 3.77. The molecule has 0 N–H and O–H groups in total. The highest BCUT2D eigenvalue weighted by Gasteiger charge is 2.31. The number of piperidine rings is 3. The first-order valence-corrected chi connectivity index (χ1v) is 14.2. The maximum Gasteiger partial charge on any atom is 0.278 e. The Kier molecular flexibility index (Phi) is 6.67. The Morgan fingerprint density at radius 2 is 2.00 bits per heavy atom. The predicted octanol–water partition coefficient (Wildman–Crippen LogP) is 5.29. The smallest absolute Gasteiger partial charge is 0.278 e. The Morgan fingerprint density at radius 3 is 2.71 bits per heavy atom. The van der Waals surface area contributed by atoms with Gasteiger partial charge in [0.15, 0.2) is 11.3 Å². The van der Waals surface area contributed by atoms with Crippen LogP contribution >= 0.6 is 0 Å². The van der Waals surface area contributed by atoms with Crippen molar-refractivity contribution < 1.29 is 18.3 Å². The monoisotopic (exact) mass is 564 g/mol. The molecule has 7 heterocycles. The lowest BCUT2D eigenvalue weighted by molar-refractivity contribution is 0.0998. The number of halogens is 1. The minimum Gasteiger partial charge on any atom is -0.494 e. The van der Waals surface area contributed by atoms with Crippen molar-refractivity contribution >= 4 is 28.4 Å². The summed E-state index contributed by atoms with van der Waals surface area (Å²) in [7, 11) is 1.52. The second-order valence-electron chi connectivity index (χ2n) is 11.1. The average Bonchev–Trinajstić information content (AvgIpc) is 3.67. The fraction of sp³-hybridized carbons (Fsp3) is 0.344. The highest BCUT2D eigenvalue weighted by Crippen LogP contribution is 2.38. The van der Waals surface area contributed by atoms with Crippen LogP contribution in [0, 0.1) is 17.2 Å². The van der Waals surface area contributed by atoms with E-state index >= 15 is 0 Å². The van der Waals surface area contributed by atoms with Crippen LogP contribution in [-0.2, 0) is 0 Å². The summed E-state index contributed by atoms with van der Waals surface area (Å²) in [4.78, 5) is 30.8. The third-order valence-electron chi connectivity index (χ3n) is 8.55. The molecule has 4 fully saturated rings. The summed E-state index contributed by atoms with van der Waals surface area (Å²) in [6.07, 6.45) is 4.88. The standard InChI is InChI=1S/C32H29FN6O3/c1-41-28-13-22(32(40)37-26-18-38-9-5-19(26)6-10-38)16-36-30(28)29-14-25-31(42-29)24(4-8-35-25)20-2-3-27(21(12-20)15-34)39-11-7-23(33)17-39/h2-4,8,12-14,16,19,23H,5-7,9-11,17-18H2,1H3/t23-/m0/s1. The molecule has 4 aliphatic heterocycles. The Hall–Kier alpha value is -4.62.